The molecule has 9 heteroatoms. The van der Waals surface area contributed by atoms with Gasteiger partial charge in [-0.1, -0.05) is 36.4 Å². The third kappa shape index (κ3) is 4.98. The molecule has 0 aliphatic heterocycles. The maximum Gasteiger partial charge on any atom is 0.416 e. The Morgan fingerprint density at radius 1 is 0.900 bits per heavy atom. The van der Waals surface area contributed by atoms with Gasteiger partial charge < -0.3 is 10.1 Å². The molecule has 0 unspecified atom stereocenters. The third-order valence-corrected chi connectivity index (χ3v) is 5.87. The van der Waals surface area contributed by atoms with Crippen molar-refractivity contribution in [2.75, 3.05) is 11.9 Å². The molecule has 0 atom stereocenters. The second-order valence-corrected chi connectivity index (χ2v) is 8.08. The second-order valence-electron chi connectivity index (χ2n) is 6.17. The van der Waals surface area contributed by atoms with Gasteiger partial charge in [0.25, 0.3) is 0 Å². The molecule has 3 aromatic rings. The lowest BCUT2D eigenvalue weighted by Gasteiger charge is -2.13. The number of benzene rings is 3. The fraction of sp³-hybridized carbons (Fsp3) is 0.0952. The van der Waals surface area contributed by atoms with E-state index >= 15 is 0 Å². The Balaban J connectivity index is 1.74. The van der Waals surface area contributed by atoms with E-state index in [1.807, 2.05) is 0 Å². The van der Waals surface area contributed by atoms with Gasteiger partial charge in [0.15, 0.2) is 0 Å². The van der Waals surface area contributed by atoms with Crippen LogP contribution in [0.15, 0.2) is 88.7 Å². The minimum absolute atomic E-state index is 0.0388. The normalized spacial score (nSPS) is 11.7. The van der Waals surface area contributed by atoms with E-state index in [1.165, 1.54) is 30.3 Å². The van der Waals surface area contributed by atoms with Crippen LogP contribution in [0.3, 0.4) is 0 Å². The molecule has 0 aliphatic rings. The van der Waals surface area contributed by atoms with Crippen LogP contribution in [0.4, 0.5) is 18.9 Å². The summed E-state index contributed by atoms with van der Waals surface area (Å²) in [5.74, 6) is -1.14. The van der Waals surface area contributed by atoms with Gasteiger partial charge >= 0.3 is 12.1 Å². The molecule has 0 radical (unpaired) electrons. The highest BCUT2D eigenvalue weighted by Gasteiger charge is 2.30. The van der Waals surface area contributed by atoms with Crippen molar-refractivity contribution in [1.82, 2.24) is 0 Å². The number of carbonyl (C=O) groups excluding carboxylic acids is 1. The zero-order chi connectivity index (χ0) is 21.8. The van der Waals surface area contributed by atoms with Gasteiger partial charge in [0.2, 0.25) is 9.84 Å². The summed E-state index contributed by atoms with van der Waals surface area (Å²) in [4.78, 5) is 12.1. The number of halogens is 3. The van der Waals surface area contributed by atoms with Gasteiger partial charge in [-0.25, -0.2) is 13.2 Å². The number of carbonyl (C=O) groups is 1. The molecule has 0 saturated carbocycles. The Hall–Kier alpha value is -3.33. The molecule has 0 heterocycles. The summed E-state index contributed by atoms with van der Waals surface area (Å²) in [5, 5.41) is 2.68. The highest BCUT2D eigenvalue weighted by molar-refractivity contribution is 7.91. The number of esters is 1. The molecule has 0 amide bonds. The number of para-hydroxylation sites is 1. The van der Waals surface area contributed by atoms with Crippen LogP contribution in [0.2, 0.25) is 0 Å². The molecular weight excluding hydrogens is 419 g/mol. The molecule has 0 aliphatic carbocycles. The van der Waals surface area contributed by atoms with E-state index in [4.69, 9.17) is 4.74 Å². The average Bonchev–Trinajstić information content (AvgIpc) is 2.73. The Morgan fingerprint density at radius 2 is 1.57 bits per heavy atom. The number of hydrogen-bond acceptors (Lipinski definition) is 5. The van der Waals surface area contributed by atoms with Crippen molar-refractivity contribution >= 4 is 21.5 Å². The van der Waals surface area contributed by atoms with Gasteiger partial charge in [-0.3, -0.25) is 0 Å². The van der Waals surface area contributed by atoms with Crippen LogP contribution in [-0.4, -0.2) is 20.9 Å². The summed E-state index contributed by atoms with van der Waals surface area (Å²) in [7, 11) is -3.84. The topological polar surface area (TPSA) is 72.5 Å². The molecule has 3 rings (SSSR count). The molecule has 3 aromatic carbocycles. The molecule has 0 spiro atoms. The van der Waals surface area contributed by atoms with E-state index in [1.54, 1.807) is 30.3 Å². The summed E-state index contributed by atoms with van der Waals surface area (Å²) in [6.45, 7) is -0.447. The Bertz CT molecular complexity index is 1150. The van der Waals surface area contributed by atoms with Crippen molar-refractivity contribution in [3.63, 3.8) is 0 Å². The van der Waals surface area contributed by atoms with Crippen LogP contribution in [0.1, 0.15) is 5.56 Å². The van der Waals surface area contributed by atoms with Crippen molar-refractivity contribution in [3.05, 3.63) is 84.4 Å². The first-order chi connectivity index (χ1) is 14.2. The first-order valence-corrected chi connectivity index (χ1v) is 10.2. The van der Waals surface area contributed by atoms with Crippen LogP contribution < -0.4 is 10.1 Å². The molecule has 1 N–H and O–H groups in total. The van der Waals surface area contributed by atoms with Crippen molar-refractivity contribution in [2.45, 2.75) is 16.0 Å². The predicted octanol–water partition coefficient (Wildman–Crippen LogP) is 4.56. The Labute approximate surface area is 171 Å². The van der Waals surface area contributed by atoms with Gasteiger partial charge in [0.05, 0.1) is 21.0 Å². The summed E-state index contributed by atoms with van der Waals surface area (Å²) in [6.07, 6.45) is -4.56. The van der Waals surface area contributed by atoms with Crippen LogP contribution >= 0.6 is 0 Å². The third-order valence-electron chi connectivity index (χ3n) is 4.05. The van der Waals surface area contributed by atoms with E-state index in [0.29, 0.717) is 6.07 Å². The first kappa shape index (κ1) is 21.4. The summed E-state index contributed by atoms with van der Waals surface area (Å²) in [5.41, 5.74) is -0.776. The standard InChI is InChI=1S/C21H16F3NO4S/c22-21(23,24)15-7-6-8-16(13-15)29-20(26)14-25-18-11-4-5-12-19(18)30(27,28)17-9-2-1-3-10-17/h1-13,25H,14H2. The minimum atomic E-state index is -4.56. The van der Waals surface area contributed by atoms with Crippen molar-refractivity contribution in [3.8, 4) is 5.75 Å². The van der Waals surface area contributed by atoms with Crippen LogP contribution in [0.25, 0.3) is 0 Å². The number of sulfone groups is 1. The summed E-state index contributed by atoms with van der Waals surface area (Å²) < 4.78 is 68.9. The lowest BCUT2D eigenvalue weighted by molar-refractivity contribution is -0.138. The van der Waals surface area contributed by atoms with E-state index in [0.717, 1.165) is 12.1 Å². The number of nitrogens with one attached hydrogen (secondary N) is 1. The first-order valence-electron chi connectivity index (χ1n) is 8.69. The molecule has 156 valence electrons. The van der Waals surface area contributed by atoms with Gasteiger partial charge in [0, 0.05) is 0 Å². The van der Waals surface area contributed by atoms with E-state index in [-0.39, 0.29) is 21.2 Å². The lowest BCUT2D eigenvalue weighted by atomic mass is 10.2. The highest BCUT2D eigenvalue weighted by Crippen LogP contribution is 2.31. The maximum absolute atomic E-state index is 12.9. The Kier molecular flexibility index (Phi) is 6.12. The summed E-state index contributed by atoms with van der Waals surface area (Å²) in [6, 6.07) is 17.7. The van der Waals surface area contributed by atoms with Gasteiger partial charge in [-0.05, 0) is 42.5 Å². The molecule has 5 nitrogen and oxygen atoms in total. The quantitative estimate of drug-likeness (QED) is 0.454. The fourth-order valence-electron chi connectivity index (χ4n) is 2.64. The monoisotopic (exact) mass is 435 g/mol. The largest absolute Gasteiger partial charge is 0.425 e. The zero-order valence-corrected chi connectivity index (χ0v) is 16.2. The smallest absolute Gasteiger partial charge is 0.416 e. The second kappa shape index (κ2) is 8.58. The lowest BCUT2D eigenvalue weighted by Crippen LogP contribution is -2.21. The number of alkyl halides is 3. The number of rotatable bonds is 6. The maximum atomic E-state index is 12.9. The molecular formula is C21H16F3NO4S. The average molecular weight is 435 g/mol. The molecule has 0 fully saturated rings. The van der Waals surface area contributed by atoms with Gasteiger partial charge in [-0.15, -0.1) is 0 Å². The zero-order valence-electron chi connectivity index (χ0n) is 15.4. The van der Waals surface area contributed by atoms with E-state index in [2.05, 4.69) is 5.32 Å². The fourth-order valence-corrected chi connectivity index (χ4v) is 4.10. The van der Waals surface area contributed by atoms with Crippen LogP contribution in [0, 0.1) is 0 Å². The van der Waals surface area contributed by atoms with Crippen molar-refractivity contribution in [2.24, 2.45) is 0 Å². The molecule has 30 heavy (non-hydrogen) atoms. The molecule has 0 aromatic heterocycles. The minimum Gasteiger partial charge on any atom is -0.425 e. The van der Waals surface area contributed by atoms with E-state index in [9.17, 15) is 26.4 Å². The van der Waals surface area contributed by atoms with Crippen molar-refractivity contribution < 1.29 is 31.1 Å². The van der Waals surface area contributed by atoms with Gasteiger partial charge in [-0.2, -0.15) is 13.2 Å². The SMILES string of the molecule is O=C(CNc1ccccc1S(=O)(=O)c1ccccc1)Oc1cccc(C(F)(F)F)c1. The molecule has 0 saturated heterocycles. The van der Waals surface area contributed by atoms with Crippen LogP contribution in [0.5, 0.6) is 5.75 Å². The number of anilines is 1. The van der Waals surface area contributed by atoms with E-state index < -0.39 is 34.1 Å². The van der Waals surface area contributed by atoms with Crippen molar-refractivity contribution in [1.29, 1.82) is 0 Å². The Morgan fingerprint density at radius 3 is 2.27 bits per heavy atom. The summed E-state index contributed by atoms with van der Waals surface area (Å²) >= 11 is 0. The predicted molar refractivity (Wildman–Crippen MR) is 104 cm³/mol. The number of ether oxygens (including phenoxy) is 1. The van der Waals surface area contributed by atoms with Gasteiger partial charge in [0.1, 0.15) is 12.3 Å². The van der Waals surface area contributed by atoms with Crippen LogP contribution in [-0.2, 0) is 20.8 Å². The number of hydrogen-bond donors (Lipinski definition) is 1. The highest BCUT2D eigenvalue weighted by atomic mass is 32.2. The molecule has 0 bridgehead atoms.